The molecule has 0 fully saturated rings. The van der Waals surface area contributed by atoms with E-state index in [0.717, 1.165) is 4.90 Å². The lowest BCUT2D eigenvalue weighted by molar-refractivity contribution is -0.115. The molecule has 0 bridgehead atoms. The average molecular weight is 517 g/mol. The van der Waals surface area contributed by atoms with Crippen LogP contribution >= 0.6 is 11.8 Å². The van der Waals surface area contributed by atoms with Crippen LogP contribution < -0.4 is 16.0 Å². The maximum absolute atomic E-state index is 13.0. The molecule has 0 unspecified atom stereocenters. The molecule has 0 aliphatic heterocycles. The molecule has 3 N–H and O–H groups in total. The smallest absolute Gasteiger partial charge is 0.272 e. The molecule has 0 saturated heterocycles. The van der Waals surface area contributed by atoms with Crippen LogP contribution in [-0.4, -0.2) is 28.1 Å². The Kier molecular flexibility index (Phi) is 8.22. The topological polar surface area (TPSA) is 126 Å². The number of carbonyl (C=O) groups excluding carboxylic acids is 3. The highest BCUT2D eigenvalue weighted by molar-refractivity contribution is 8.00. The van der Waals surface area contributed by atoms with Gasteiger partial charge in [0.2, 0.25) is 5.91 Å². The molecule has 1 atom stereocenters. The Balaban J connectivity index is 1.39. The normalized spacial score (nSPS) is 12.0. The standard InChI is InChI=1S/C27H24N4O5S/c1-17-15-24(31-36-17)30-25(32)18(2)37-22-12-10-20(11-13-22)28-27(34)23(16-21-9-6-14-35-21)29-26(33)19-7-4-3-5-8-19/h3-16,18H,1-2H3,(H,28,34)(H,29,33)(H,30,31,32)/b23-16-/t18-/m1/s1. The lowest BCUT2D eigenvalue weighted by Crippen LogP contribution is -2.30. The third-order valence-electron chi connectivity index (χ3n) is 5.03. The van der Waals surface area contributed by atoms with E-state index in [1.807, 2.05) is 0 Å². The number of rotatable bonds is 9. The second-order valence-electron chi connectivity index (χ2n) is 7.94. The van der Waals surface area contributed by atoms with Gasteiger partial charge in [0, 0.05) is 28.3 Å². The van der Waals surface area contributed by atoms with Crippen LogP contribution in [-0.2, 0) is 9.59 Å². The molecule has 2 heterocycles. The Labute approximate surface area is 217 Å². The highest BCUT2D eigenvalue weighted by Gasteiger charge is 2.18. The second kappa shape index (κ2) is 11.9. The molecule has 4 rings (SSSR count). The van der Waals surface area contributed by atoms with Crippen molar-refractivity contribution in [2.24, 2.45) is 0 Å². The van der Waals surface area contributed by atoms with Crippen molar-refractivity contribution in [3.63, 3.8) is 0 Å². The summed E-state index contributed by atoms with van der Waals surface area (Å²) in [5.41, 5.74) is 0.957. The molecule has 3 amide bonds. The zero-order chi connectivity index (χ0) is 26.2. The van der Waals surface area contributed by atoms with Crippen LogP contribution in [0.3, 0.4) is 0 Å². The van der Waals surface area contributed by atoms with Gasteiger partial charge in [-0.15, -0.1) is 11.8 Å². The van der Waals surface area contributed by atoms with E-state index in [2.05, 4.69) is 21.1 Å². The van der Waals surface area contributed by atoms with E-state index in [9.17, 15) is 14.4 Å². The number of carbonyl (C=O) groups is 3. The largest absolute Gasteiger partial charge is 0.465 e. The van der Waals surface area contributed by atoms with Crippen LogP contribution in [0.1, 0.15) is 28.8 Å². The zero-order valence-corrected chi connectivity index (χ0v) is 20.9. The molecular formula is C27H24N4O5S. The Bertz CT molecular complexity index is 1400. The van der Waals surface area contributed by atoms with E-state index in [1.54, 1.807) is 86.6 Å². The van der Waals surface area contributed by atoms with E-state index in [1.165, 1.54) is 24.1 Å². The highest BCUT2D eigenvalue weighted by Crippen LogP contribution is 2.26. The Morgan fingerprint density at radius 3 is 2.38 bits per heavy atom. The second-order valence-corrected chi connectivity index (χ2v) is 9.36. The molecule has 0 spiro atoms. The van der Waals surface area contributed by atoms with Gasteiger partial charge in [-0.3, -0.25) is 14.4 Å². The minimum atomic E-state index is -0.517. The third kappa shape index (κ3) is 7.21. The Hall–Kier alpha value is -4.57. The third-order valence-corrected chi connectivity index (χ3v) is 6.14. The molecule has 4 aromatic rings. The molecule has 2 aromatic carbocycles. The zero-order valence-electron chi connectivity index (χ0n) is 20.1. The van der Waals surface area contributed by atoms with Gasteiger partial charge >= 0.3 is 0 Å². The van der Waals surface area contributed by atoms with Crippen molar-refractivity contribution < 1.29 is 23.3 Å². The molecule has 0 aliphatic rings. The summed E-state index contributed by atoms with van der Waals surface area (Å²) in [7, 11) is 0. The van der Waals surface area contributed by atoms with Crippen LogP contribution in [0, 0.1) is 6.92 Å². The number of aromatic nitrogens is 1. The fourth-order valence-electron chi connectivity index (χ4n) is 3.18. The molecule has 2 aromatic heterocycles. The number of thioether (sulfide) groups is 1. The number of hydrogen-bond acceptors (Lipinski definition) is 7. The molecule has 0 aliphatic carbocycles. The summed E-state index contributed by atoms with van der Waals surface area (Å²) in [5, 5.41) is 11.5. The first kappa shape index (κ1) is 25.5. The van der Waals surface area contributed by atoms with Gasteiger partial charge in [-0.05, 0) is 62.4 Å². The lowest BCUT2D eigenvalue weighted by Gasteiger charge is -2.12. The summed E-state index contributed by atoms with van der Waals surface area (Å²) < 4.78 is 10.3. The number of anilines is 2. The average Bonchev–Trinajstić information content (AvgIpc) is 3.56. The molecule has 0 saturated carbocycles. The molecule has 0 radical (unpaired) electrons. The van der Waals surface area contributed by atoms with E-state index in [-0.39, 0.29) is 11.6 Å². The summed E-state index contributed by atoms with van der Waals surface area (Å²) in [5.74, 6) is 0.238. The fraction of sp³-hybridized carbons (Fsp3) is 0.111. The van der Waals surface area contributed by atoms with Crippen molar-refractivity contribution in [3.8, 4) is 0 Å². The number of benzene rings is 2. The lowest BCUT2D eigenvalue weighted by atomic mass is 10.2. The predicted octanol–water partition coefficient (Wildman–Crippen LogP) is 5.10. The molecular weight excluding hydrogens is 492 g/mol. The maximum atomic E-state index is 13.0. The van der Waals surface area contributed by atoms with Gasteiger partial charge in [0.05, 0.1) is 11.5 Å². The SMILES string of the molecule is Cc1cc(NC(=O)[C@@H](C)Sc2ccc(NC(=O)/C(=C/c3ccco3)NC(=O)c3ccccc3)cc2)no1. The van der Waals surface area contributed by atoms with Crippen molar-refractivity contribution in [3.05, 3.63) is 102 Å². The van der Waals surface area contributed by atoms with Crippen LogP contribution in [0.25, 0.3) is 6.08 Å². The van der Waals surface area contributed by atoms with Crippen molar-refractivity contribution in [2.45, 2.75) is 24.0 Å². The Morgan fingerprint density at radius 1 is 0.973 bits per heavy atom. The quantitative estimate of drug-likeness (QED) is 0.209. The van der Waals surface area contributed by atoms with Crippen LogP contribution in [0.5, 0.6) is 0 Å². The van der Waals surface area contributed by atoms with E-state index < -0.39 is 17.1 Å². The van der Waals surface area contributed by atoms with Gasteiger partial charge in [0.25, 0.3) is 11.8 Å². The number of aryl methyl sites for hydroxylation is 1. The number of amides is 3. The monoisotopic (exact) mass is 516 g/mol. The maximum Gasteiger partial charge on any atom is 0.272 e. The van der Waals surface area contributed by atoms with Crippen LogP contribution in [0.2, 0.25) is 0 Å². The van der Waals surface area contributed by atoms with Crippen molar-refractivity contribution >= 4 is 47.1 Å². The van der Waals surface area contributed by atoms with E-state index >= 15 is 0 Å². The van der Waals surface area contributed by atoms with E-state index in [4.69, 9.17) is 8.94 Å². The highest BCUT2D eigenvalue weighted by atomic mass is 32.2. The first-order valence-electron chi connectivity index (χ1n) is 11.3. The van der Waals surface area contributed by atoms with Gasteiger partial charge in [-0.1, -0.05) is 23.4 Å². The number of nitrogens with zero attached hydrogens (tertiary/aromatic N) is 1. The summed E-state index contributed by atoms with van der Waals surface area (Å²) in [4.78, 5) is 38.9. The summed E-state index contributed by atoms with van der Waals surface area (Å²) in [6.45, 7) is 3.53. The first-order valence-corrected chi connectivity index (χ1v) is 12.2. The van der Waals surface area contributed by atoms with E-state index in [0.29, 0.717) is 28.6 Å². The molecule has 37 heavy (non-hydrogen) atoms. The summed E-state index contributed by atoms with van der Waals surface area (Å²) >= 11 is 1.36. The number of hydrogen-bond donors (Lipinski definition) is 3. The first-order chi connectivity index (χ1) is 17.9. The summed E-state index contributed by atoms with van der Waals surface area (Å²) in [6, 6.07) is 20.6. The molecule has 10 heteroatoms. The van der Waals surface area contributed by atoms with Gasteiger partial charge in [0.15, 0.2) is 5.82 Å². The van der Waals surface area contributed by atoms with Crippen molar-refractivity contribution in [1.82, 2.24) is 10.5 Å². The fourth-order valence-corrected chi connectivity index (χ4v) is 4.05. The van der Waals surface area contributed by atoms with Crippen molar-refractivity contribution in [1.29, 1.82) is 0 Å². The number of nitrogens with one attached hydrogen (secondary N) is 3. The molecule has 188 valence electrons. The number of furan rings is 1. The van der Waals surface area contributed by atoms with Crippen molar-refractivity contribution in [2.75, 3.05) is 10.6 Å². The predicted molar refractivity (Wildman–Crippen MR) is 141 cm³/mol. The Morgan fingerprint density at radius 2 is 1.73 bits per heavy atom. The van der Waals surface area contributed by atoms with Gasteiger partial charge < -0.3 is 24.9 Å². The van der Waals surface area contributed by atoms with Crippen LogP contribution in [0.15, 0.2) is 98.6 Å². The van der Waals surface area contributed by atoms with Gasteiger partial charge in [0.1, 0.15) is 17.2 Å². The molecule has 9 nitrogen and oxygen atoms in total. The minimum absolute atomic E-state index is 0.0237. The minimum Gasteiger partial charge on any atom is -0.465 e. The summed E-state index contributed by atoms with van der Waals surface area (Å²) in [6.07, 6.45) is 2.93. The van der Waals surface area contributed by atoms with Gasteiger partial charge in [-0.25, -0.2) is 0 Å². The van der Waals surface area contributed by atoms with Crippen LogP contribution in [0.4, 0.5) is 11.5 Å². The van der Waals surface area contributed by atoms with Gasteiger partial charge in [-0.2, -0.15) is 0 Å².